The Morgan fingerprint density at radius 3 is 2.38 bits per heavy atom. The molecule has 0 radical (unpaired) electrons. The molecule has 1 fully saturated rings. The molecule has 1 aliphatic rings. The Labute approximate surface area is 157 Å². The quantitative estimate of drug-likeness (QED) is 0.701. The second kappa shape index (κ2) is 10.0. The minimum atomic E-state index is -3.31. The maximum Gasteiger partial charge on any atom is 0.220 e. The Morgan fingerprint density at radius 2 is 1.77 bits per heavy atom. The molecule has 2 rings (SSSR count). The van der Waals surface area contributed by atoms with Crippen LogP contribution >= 0.6 is 0 Å². The van der Waals surface area contributed by atoms with Crippen LogP contribution in [0.5, 0.6) is 0 Å². The summed E-state index contributed by atoms with van der Waals surface area (Å²) in [5, 5.41) is 2.70. The van der Waals surface area contributed by atoms with Gasteiger partial charge in [-0.1, -0.05) is 44.2 Å². The van der Waals surface area contributed by atoms with Crippen LogP contribution in [-0.4, -0.2) is 68.6 Å². The first-order chi connectivity index (χ1) is 12.4. The van der Waals surface area contributed by atoms with Crippen molar-refractivity contribution in [2.24, 2.45) is 5.92 Å². The highest BCUT2D eigenvalue weighted by molar-refractivity contribution is 7.89. The predicted octanol–water partition coefficient (Wildman–Crippen LogP) is 1.34. The summed E-state index contributed by atoms with van der Waals surface area (Å²) >= 11 is 0. The van der Waals surface area contributed by atoms with Crippen LogP contribution in [0.1, 0.15) is 25.8 Å². The lowest BCUT2D eigenvalue weighted by molar-refractivity contribution is -0.121. The normalized spacial score (nSPS) is 16.7. The third-order valence-corrected chi connectivity index (χ3v) is 6.43. The van der Waals surface area contributed by atoms with Gasteiger partial charge < -0.3 is 10.2 Å². The number of rotatable bonds is 9. The van der Waals surface area contributed by atoms with Gasteiger partial charge in [0.15, 0.2) is 0 Å². The van der Waals surface area contributed by atoms with Crippen LogP contribution in [0.2, 0.25) is 0 Å². The standard InChI is InChI=1S/C19H31N3O3S/c1-17(2)16-19(23)20-9-15-26(24,25)22-13-11-21(12-14-22)10-8-18-6-4-3-5-7-18/h3-7,17H,8-16H2,1-2H3,(H,20,23). The van der Waals surface area contributed by atoms with Crippen molar-refractivity contribution in [3.63, 3.8) is 0 Å². The average Bonchev–Trinajstić information content (AvgIpc) is 2.60. The van der Waals surface area contributed by atoms with Crippen LogP contribution in [0.3, 0.4) is 0 Å². The van der Waals surface area contributed by atoms with Gasteiger partial charge in [-0.15, -0.1) is 0 Å². The van der Waals surface area contributed by atoms with E-state index in [4.69, 9.17) is 0 Å². The zero-order valence-corrected chi connectivity index (χ0v) is 16.7. The number of sulfonamides is 1. The summed E-state index contributed by atoms with van der Waals surface area (Å²) in [4.78, 5) is 13.9. The molecule has 1 aliphatic heterocycles. The zero-order chi connectivity index (χ0) is 19.0. The maximum atomic E-state index is 12.4. The van der Waals surface area contributed by atoms with E-state index in [1.54, 1.807) is 4.31 Å². The van der Waals surface area contributed by atoms with E-state index in [0.717, 1.165) is 26.1 Å². The summed E-state index contributed by atoms with van der Waals surface area (Å²) < 4.78 is 26.4. The van der Waals surface area contributed by atoms with Crippen molar-refractivity contribution < 1.29 is 13.2 Å². The molecular weight excluding hydrogens is 350 g/mol. The number of carbonyl (C=O) groups excluding carboxylic acids is 1. The van der Waals surface area contributed by atoms with Gasteiger partial charge in [-0.2, -0.15) is 4.31 Å². The molecular formula is C19H31N3O3S. The highest BCUT2D eigenvalue weighted by Crippen LogP contribution is 2.09. The zero-order valence-electron chi connectivity index (χ0n) is 15.9. The SMILES string of the molecule is CC(C)CC(=O)NCCS(=O)(=O)N1CCN(CCc2ccccc2)CC1. The minimum Gasteiger partial charge on any atom is -0.355 e. The number of benzene rings is 1. The molecule has 1 aromatic rings. The van der Waals surface area contributed by atoms with Gasteiger partial charge in [0.25, 0.3) is 0 Å². The topological polar surface area (TPSA) is 69.7 Å². The van der Waals surface area contributed by atoms with E-state index in [0.29, 0.717) is 19.5 Å². The van der Waals surface area contributed by atoms with Crippen molar-refractivity contribution in [1.29, 1.82) is 0 Å². The summed E-state index contributed by atoms with van der Waals surface area (Å²) in [5.41, 5.74) is 1.31. The smallest absolute Gasteiger partial charge is 0.220 e. The van der Waals surface area contributed by atoms with Crippen molar-refractivity contribution in [3.05, 3.63) is 35.9 Å². The molecule has 0 saturated carbocycles. The number of nitrogens with zero attached hydrogens (tertiary/aromatic N) is 2. The molecule has 146 valence electrons. The Hall–Kier alpha value is -1.44. The number of amides is 1. The summed E-state index contributed by atoms with van der Waals surface area (Å²) in [5.74, 6) is 0.164. The van der Waals surface area contributed by atoms with Gasteiger partial charge in [-0.25, -0.2) is 8.42 Å². The van der Waals surface area contributed by atoms with Crippen LogP contribution in [-0.2, 0) is 21.2 Å². The Morgan fingerprint density at radius 1 is 1.12 bits per heavy atom. The van der Waals surface area contributed by atoms with Gasteiger partial charge in [0, 0.05) is 45.7 Å². The summed E-state index contributed by atoms with van der Waals surface area (Å²) in [7, 11) is -3.31. The lowest BCUT2D eigenvalue weighted by Gasteiger charge is -2.34. The maximum absolute atomic E-state index is 12.4. The molecule has 0 aromatic heterocycles. The molecule has 0 atom stereocenters. The van der Waals surface area contributed by atoms with Crippen molar-refractivity contribution >= 4 is 15.9 Å². The average molecular weight is 382 g/mol. The Balaban J connectivity index is 1.69. The fourth-order valence-electron chi connectivity index (χ4n) is 3.05. The van der Waals surface area contributed by atoms with E-state index < -0.39 is 10.0 Å². The van der Waals surface area contributed by atoms with Crippen LogP contribution < -0.4 is 5.32 Å². The lowest BCUT2D eigenvalue weighted by atomic mass is 10.1. The fraction of sp³-hybridized carbons (Fsp3) is 0.632. The van der Waals surface area contributed by atoms with Gasteiger partial charge in [-0.3, -0.25) is 4.79 Å². The second-order valence-corrected chi connectivity index (χ2v) is 9.33. The molecule has 1 N–H and O–H groups in total. The predicted molar refractivity (Wildman–Crippen MR) is 104 cm³/mol. The van der Waals surface area contributed by atoms with E-state index in [9.17, 15) is 13.2 Å². The van der Waals surface area contributed by atoms with Gasteiger partial charge >= 0.3 is 0 Å². The third-order valence-electron chi connectivity index (χ3n) is 4.56. The van der Waals surface area contributed by atoms with Gasteiger partial charge in [0.05, 0.1) is 5.75 Å². The molecule has 7 heteroatoms. The van der Waals surface area contributed by atoms with E-state index in [-0.39, 0.29) is 24.1 Å². The largest absolute Gasteiger partial charge is 0.355 e. The Bertz CT molecular complexity index is 654. The lowest BCUT2D eigenvalue weighted by Crippen LogP contribution is -2.50. The van der Waals surface area contributed by atoms with Crippen LogP contribution in [0.4, 0.5) is 0 Å². The molecule has 1 saturated heterocycles. The minimum absolute atomic E-state index is 0.0269. The molecule has 0 aliphatic carbocycles. The van der Waals surface area contributed by atoms with Gasteiger partial charge in [-0.05, 0) is 17.9 Å². The second-order valence-electron chi connectivity index (χ2n) is 7.24. The number of piperazine rings is 1. The van der Waals surface area contributed by atoms with Gasteiger partial charge in [0.1, 0.15) is 0 Å². The van der Waals surface area contributed by atoms with Crippen molar-refractivity contribution in [2.75, 3.05) is 45.0 Å². The number of hydrogen-bond acceptors (Lipinski definition) is 4. The number of nitrogens with one attached hydrogen (secondary N) is 1. The summed E-state index contributed by atoms with van der Waals surface area (Å²) in [6.07, 6.45) is 1.41. The first-order valence-corrected chi connectivity index (χ1v) is 11.0. The third kappa shape index (κ3) is 7.05. The molecule has 1 amide bonds. The number of carbonyl (C=O) groups is 1. The fourth-order valence-corrected chi connectivity index (χ4v) is 4.39. The van der Waals surface area contributed by atoms with Crippen LogP contribution in [0.25, 0.3) is 0 Å². The van der Waals surface area contributed by atoms with Crippen molar-refractivity contribution in [3.8, 4) is 0 Å². The first-order valence-electron chi connectivity index (χ1n) is 9.37. The Kier molecular flexibility index (Phi) is 8.06. The van der Waals surface area contributed by atoms with Gasteiger partial charge in [0.2, 0.25) is 15.9 Å². The summed E-state index contributed by atoms with van der Waals surface area (Å²) in [6, 6.07) is 10.3. The molecule has 1 aromatic carbocycles. The van der Waals surface area contributed by atoms with E-state index >= 15 is 0 Å². The molecule has 0 bridgehead atoms. The molecule has 1 heterocycles. The van der Waals surface area contributed by atoms with E-state index in [2.05, 4.69) is 22.3 Å². The molecule has 0 unspecified atom stereocenters. The summed E-state index contributed by atoms with van der Waals surface area (Å²) in [6.45, 7) is 7.62. The van der Waals surface area contributed by atoms with E-state index in [1.165, 1.54) is 5.56 Å². The first kappa shape index (κ1) is 20.9. The highest BCUT2D eigenvalue weighted by Gasteiger charge is 2.26. The number of hydrogen-bond donors (Lipinski definition) is 1. The molecule has 26 heavy (non-hydrogen) atoms. The monoisotopic (exact) mass is 381 g/mol. The van der Waals surface area contributed by atoms with Crippen molar-refractivity contribution in [2.45, 2.75) is 26.7 Å². The van der Waals surface area contributed by atoms with E-state index in [1.807, 2.05) is 32.0 Å². The van der Waals surface area contributed by atoms with Crippen molar-refractivity contribution in [1.82, 2.24) is 14.5 Å². The molecule has 6 nitrogen and oxygen atoms in total. The van der Waals surface area contributed by atoms with Crippen LogP contribution in [0, 0.1) is 5.92 Å². The highest BCUT2D eigenvalue weighted by atomic mass is 32.2. The molecule has 0 spiro atoms. The van der Waals surface area contributed by atoms with Crippen LogP contribution in [0.15, 0.2) is 30.3 Å².